The molecule has 2 heterocycles. The van der Waals surface area contributed by atoms with Gasteiger partial charge in [0.2, 0.25) is 0 Å². The van der Waals surface area contributed by atoms with Gasteiger partial charge in [-0.25, -0.2) is 8.42 Å². The zero-order valence-electron chi connectivity index (χ0n) is 9.63. The molecule has 1 aromatic rings. The van der Waals surface area contributed by atoms with Gasteiger partial charge in [-0.15, -0.1) is 23.7 Å². The topological polar surface area (TPSA) is 49.4 Å². The van der Waals surface area contributed by atoms with E-state index < -0.39 is 10.0 Å². The molecule has 0 aromatic carbocycles. The van der Waals surface area contributed by atoms with Gasteiger partial charge in [0.25, 0.3) is 10.0 Å². The number of nitrogens with one attached hydrogen (secondary N) is 1. The lowest BCUT2D eigenvalue weighted by Gasteiger charge is -2.20. The normalized spacial score (nSPS) is 20.5. The second-order valence-corrected chi connectivity index (χ2v) is 7.23. The summed E-state index contributed by atoms with van der Waals surface area (Å²) in [7, 11) is -1.62. The van der Waals surface area contributed by atoms with Crippen molar-refractivity contribution in [3.63, 3.8) is 0 Å². The highest BCUT2D eigenvalue weighted by molar-refractivity contribution is 7.91. The first-order valence-electron chi connectivity index (χ1n) is 5.34. The second kappa shape index (κ2) is 6.15. The highest BCUT2D eigenvalue weighted by atomic mass is 35.5. The lowest BCUT2D eigenvalue weighted by Crippen LogP contribution is -2.38. The number of halogens is 1. The van der Waals surface area contributed by atoms with Crippen molar-refractivity contribution in [3.8, 4) is 0 Å². The standard InChI is InChI=1S/C10H16N2O2S2.ClH/c1-12(8-9-4-2-6-11-9)16(13,14)10-5-3-7-15-10;/h3,5,7,9,11H,2,4,6,8H2,1H3;1H. The summed E-state index contributed by atoms with van der Waals surface area (Å²) in [5.41, 5.74) is 0. The zero-order chi connectivity index (χ0) is 11.6. The molecule has 4 nitrogen and oxygen atoms in total. The first-order chi connectivity index (χ1) is 7.60. The highest BCUT2D eigenvalue weighted by Gasteiger charge is 2.25. The van der Waals surface area contributed by atoms with E-state index >= 15 is 0 Å². The van der Waals surface area contributed by atoms with E-state index in [1.807, 2.05) is 0 Å². The van der Waals surface area contributed by atoms with E-state index in [0.29, 0.717) is 16.8 Å². The van der Waals surface area contributed by atoms with Crippen molar-refractivity contribution in [1.82, 2.24) is 9.62 Å². The van der Waals surface area contributed by atoms with Crippen molar-refractivity contribution in [1.29, 1.82) is 0 Å². The van der Waals surface area contributed by atoms with Gasteiger partial charge >= 0.3 is 0 Å². The summed E-state index contributed by atoms with van der Waals surface area (Å²) in [6, 6.07) is 3.72. The molecule has 1 atom stereocenters. The molecule has 17 heavy (non-hydrogen) atoms. The van der Waals surface area contributed by atoms with E-state index in [1.54, 1.807) is 24.6 Å². The molecule has 7 heteroatoms. The van der Waals surface area contributed by atoms with Crippen molar-refractivity contribution >= 4 is 33.8 Å². The summed E-state index contributed by atoms with van der Waals surface area (Å²) >= 11 is 1.27. The van der Waals surface area contributed by atoms with Crippen LogP contribution in [-0.4, -0.2) is 38.9 Å². The molecule has 0 spiro atoms. The molecule has 1 saturated heterocycles. The van der Waals surface area contributed by atoms with Crippen molar-refractivity contribution < 1.29 is 8.42 Å². The average molecular weight is 297 g/mol. The SMILES string of the molecule is CN(CC1CCCN1)S(=O)(=O)c1cccs1.Cl. The quantitative estimate of drug-likeness (QED) is 0.917. The Kier molecular flexibility index (Phi) is 5.40. The van der Waals surface area contributed by atoms with Crippen LogP contribution in [-0.2, 0) is 10.0 Å². The van der Waals surface area contributed by atoms with Crippen LogP contribution < -0.4 is 5.32 Å². The molecule has 0 amide bonds. The summed E-state index contributed by atoms with van der Waals surface area (Å²) in [5, 5.41) is 5.09. The lowest BCUT2D eigenvalue weighted by molar-refractivity contribution is 0.418. The van der Waals surface area contributed by atoms with E-state index in [0.717, 1.165) is 19.4 Å². The van der Waals surface area contributed by atoms with Crippen molar-refractivity contribution in [2.75, 3.05) is 20.1 Å². The molecule has 0 bridgehead atoms. The Balaban J connectivity index is 0.00000144. The largest absolute Gasteiger partial charge is 0.313 e. The second-order valence-electron chi connectivity index (χ2n) is 4.01. The van der Waals surface area contributed by atoms with Gasteiger partial charge in [0, 0.05) is 19.6 Å². The summed E-state index contributed by atoms with van der Waals surface area (Å²) in [6.45, 7) is 1.55. The van der Waals surface area contributed by atoms with Crippen LogP contribution in [0.2, 0.25) is 0 Å². The molecule has 0 aliphatic carbocycles. The minimum absolute atomic E-state index is 0. The van der Waals surface area contributed by atoms with E-state index in [9.17, 15) is 8.42 Å². The molecule has 2 rings (SSSR count). The predicted octanol–water partition coefficient (Wildman–Crippen LogP) is 1.54. The Morgan fingerprint density at radius 2 is 2.35 bits per heavy atom. The van der Waals surface area contributed by atoms with Crippen LogP contribution >= 0.6 is 23.7 Å². The fraction of sp³-hybridized carbons (Fsp3) is 0.600. The Hall–Kier alpha value is -0.140. The minimum Gasteiger partial charge on any atom is -0.313 e. The van der Waals surface area contributed by atoms with Gasteiger partial charge in [0.05, 0.1) is 0 Å². The first-order valence-corrected chi connectivity index (χ1v) is 7.66. The fourth-order valence-electron chi connectivity index (χ4n) is 1.88. The van der Waals surface area contributed by atoms with Crippen LogP contribution in [0.15, 0.2) is 21.7 Å². The molecule has 1 aliphatic heterocycles. The van der Waals surface area contributed by atoms with Crippen LogP contribution in [0.1, 0.15) is 12.8 Å². The number of sulfonamides is 1. The van der Waals surface area contributed by atoms with Crippen LogP contribution in [0.3, 0.4) is 0 Å². The molecule has 98 valence electrons. The molecule has 1 unspecified atom stereocenters. The van der Waals surface area contributed by atoms with Crippen molar-refractivity contribution in [2.45, 2.75) is 23.1 Å². The van der Waals surface area contributed by atoms with Crippen LogP contribution in [0.4, 0.5) is 0 Å². The molecule has 1 N–H and O–H groups in total. The summed E-state index contributed by atoms with van der Waals surface area (Å²) in [5.74, 6) is 0. The van der Waals surface area contributed by atoms with Crippen LogP contribution in [0.5, 0.6) is 0 Å². The van der Waals surface area contributed by atoms with E-state index in [1.165, 1.54) is 15.6 Å². The van der Waals surface area contributed by atoms with Gasteiger partial charge in [0.1, 0.15) is 4.21 Å². The number of thiophene rings is 1. The number of rotatable bonds is 4. The van der Waals surface area contributed by atoms with Gasteiger partial charge < -0.3 is 5.32 Å². The molecule has 0 radical (unpaired) electrons. The number of hydrogen-bond acceptors (Lipinski definition) is 4. The van der Waals surface area contributed by atoms with E-state index in [4.69, 9.17) is 0 Å². The van der Waals surface area contributed by atoms with Gasteiger partial charge in [-0.3, -0.25) is 0 Å². The molecule has 1 aromatic heterocycles. The monoisotopic (exact) mass is 296 g/mol. The van der Waals surface area contributed by atoms with Crippen molar-refractivity contribution in [2.24, 2.45) is 0 Å². The predicted molar refractivity (Wildman–Crippen MR) is 72.4 cm³/mol. The smallest absolute Gasteiger partial charge is 0.252 e. The molecule has 1 aliphatic rings. The average Bonchev–Trinajstić information content (AvgIpc) is 2.89. The maximum atomic E-state index is 12.1. The minimum atomic E-state index is -3.27. The number of likely N-dealkylation sites (N-methyl/N-ethyl adjacent to an activating group) is 1. The third-order valence-electron chi connectivity index (χ3n) is 2.80. The Morgan fingerprint density at radius 1 is 1.59 bits per heavy atom. The molecular weight excluding hydrogens is 280 g/mol. The van der Waals surface area contributed by atoms with Gasteiger partial charge in [-0.2, -0.15) is 4.31 Å². The Morgan fingerprint density at radius 3 is 2.88 bits per heavy atom. The summed E-state index contributed by atoms with van der Waals surface area (Å²) < 4.78 is 26.0. The highest BCUT2D eigenvalue weighted by Crippen LogP contribution is 2.20. The molecular formula is C10H17ClN2O2S2. The fourth-order valence-corrected chi connectivity index (χ4v) is 4.30. The molecule has 1 fully saturated rings. The zero-order valence-corrected chi connectivity index (χ0v) is 12.1. The number of nitrogens with zero attached hydrogens (tertiary/aromatic N) is 1. The maximum absolute atomic E-state index is 12.1. The Bertz CT molecular complexity index is 427. The third kappa shape index (κ3) is 3.42. The first kappa shape index (κ1) is 14.9. The van der Waals surface area contributed by atoms with E-state index in [2.05, 4.69) is 5.32 Å². The summed E-state index contributed by atoms with van der Waals surface area (Å²) in [6.07, 6.45) is 2.20. The summed E-state index contributed by atoms with van der Waals surface area (Å²) in [4.78, 5) is 0. The lowest BCUT2D eigenvalue weighted by atomic mass is 10.2. The number of hydrogen-bond donors (Lipinski definition) is 1. The molecule has 0 saturated carbocycles. The maximum Gasteiger partial charge on any atom is 0.252 e. The van der Waals surface area contributed by atoms with Gasteiger partial charge in [-0.1, -0.05) is 6.07 Å². The van der Waals surface area contributed by atoms with E-state index in [-0.39, 0.29) is 12.4 Å². The third-order valence-corrected chi connectivity index (χ3v) is 6.00. The van der Waals surface area contributed by atoms with Crippen molar-refractivity contribution in [3.05, 3.63) is 17.5 Å². The van der Waals surface area contributed by atoms with Crippen LogP contribution in [0, 0.1) is 0 Å². The van der Waals surface area contributed by atoms with Gasteiger partial charge in [0.15, 0.2) is 0 Å². The Labute approximate surface area is 112 Å². The van der Waals surface area contributed by atoms with Crippen LogP contribution in [0.25, 0.3) is 0 Å². The van der Waals surface area contributed by atoms with Gasteiger partial charge in [-0.05, 0) is 30.8 Å².